The Bertz CT molecular complexity index is 1220. The van der Waals surface area contributed by atoms with Crippen LogP contribution < -0.4 is 22.1 Å². The molecular formula is C27H33ClN6O3S. The Labute approximate surface area is 231 Å². The molecule has 1 amide bonds. The molecule has 0 aliphatic carbocycles. The van der Waals surface area contributed by atoms with Crippen molar-refractivity contribution in [3.05, 3.63) is 99.4 Å². The van der Waals surface area contributed by atoms with E-state index in [1.807, 2.05) is 37.4 Å². The summed E-state index contributed by atoms with van der Waals surface area (Å²) in [6.07, 6.45) is 6.64. The molecule has 3 rings (SSSR count). The lowest BCUT2D eigenvalue weighted by molar-refractivity contribution is -0.119. The molecule has 0 saturated carbocycles. The Morgan fingerprint density at radius 2 is 1.87 bits per heavy atom. The van der Waals surface area contributed by atoms with Crippen LogP contribution in [-0.4, -0.2) is 34.5 Å². The molecule has 3 aromatic rings. The van der Waals surface area contributed by atoms with E-state index in [0.29, 0.717) is 16.9 Å². The predicted octanol–water partition coefficient (Wildman–Crippen LogP) is 3.87. The number of allylic oxidation sites excluding steroid dienone is 3. The van der Waals surface area contributed by atoms with Gasteiger partial charge in [0.15, 0.2) is 6.29 Å². The number of benzene rings is 2. The van der Waals surface area contributed by atoms with Crippen molar-refractivity contribution >= 4 is 40.3 Å². The average molecular weight is 557 g/mol. The quantitative estimate of drug-likeness (QED) is 0.128. The Morgan fingerprint density at radius 3 is 2.53 bits per heavy atom. The zero-order chi connectivity index (χ0) is 27.8. The van der Waals surface area contributed by atoms with Crippen molar-refractivity contribution in [2.24, 2.45) is 11.5 Å². The number of aromatic nitrogens is 2. The zero-order valence-electron chi connectivity index (χ0n) is 21.1. The molecule has 0 aliphatic heterocycles. The van der Waals surface area contributed by atoms with Crippen LogP contribution in [0.1, 0.15) is 41.5 Å². The summed E-state index contributed by atoms with van der Waals surface area (Å²) in [5, 5.41) is 25.2. The van der Waals surface area contributed by atoms with Crippen LogP contribution in [0.5, 0.6) is 0 Å². The minimum atomic E-state index is -1.06. The molecule has 7 N–H and O–H groups in total. The maximum absolute atomic E-state index is 11.9. The molecule has 0 spiro atoms. The summed E-state index contributed by atoms with van der Waals surface area (Å²) in [4.78, 5) is 22.1. The van der Waals surface area contributed by atoms with Crippen molar-refractivity contribution in [2.45, 2.75) is 38.2 Å². The number of anilines is 1. The van der Waals surface area contributed by atoms with E-state index in [4.69, 9.17) is 28.2 Å². The number of aliphatic hydroxyl groups is 1. The standard InChI is InChI=1S/C19H26N6OS.C8H7ClO2/c1-22-19-25-24-18(27-19)10-6-5-9-15(20)11-12-16(21)23-17(26)13-14-7-3-2-4-8-14;9-7-3-1-2-6(4-7)8(11)5-10/h2-4,7-8,11-12H,5-6,9-10,13,20-21H2,1H3,(H,22,25)(H,23,26);1-5,8,11H/b15-11-,16-12+;. The monoisotopic (exact) mass is 556 g/mol. The van der Waals surface area contributed by atoms with Gasteiger partial charge >= 0.3 is 0 Å². The van der Waals surface area contributed by atoms with Crippen LogP contribution in [0, 0.1) is 0 Å². The van der Waals surface area contributed by atoms with Gasteiger partial charge in [0.25, 0.3) is 0 Å². The number of nitrogens with two attached hydrogens (primary N) is 2. The maximum atomic E-state index is 11.9. The number of aliphatic hydroxyl groups excluding tert-OH is 1. The van der Waals surface area contributed by atoms with Gasteiger partial charge in [-0.2, -0.15) is 0 Å². The lowest BCUT2D eigenvalue weighted by Crippen LogP contribution is -2.28. The van der Waals surface area contributed by atoms with Gasteiger partial charge in [0.2, 0.25) is 11.0 Å². The molecule has 9 nitrogen and oxygen atoms in total. The number of hydrogen-bond acceptors (Lipinski definition) is 9. The summed E-state index contributed by atoms with van der Waals surface area (Å²) in [6.45, 7) is 0. The number of aldehydes is 1. The molecule has 1 unspecified atom stereocenters. The smallest absolute Gasteiger partial charge is 0.229 e. The normalized spacial score (nSPS) is 12.2. The van der Waals surface area contributed by atoms with Crippen molar-refractivity contribution < 1.29 is 14.7 Å². The van der Waals surface area contributed by atoms with Crippen molar-refractivity contribution in [1.82, 2.24) is 15.5 Å². The van der Waals surface area contributed by atoms with Crippen molar-refractivity contribution in [2.75, 3.05) is 12.4 Å². The number of nitrogens with zero attached hydrogens (tertiary/aromatic N) is 2. The van der Waals surface area contributed by atoms with Gasteiger partial charge in [-0.15, -0.1) is 10.2 Å². The van der Waals surface area contributed by atoms with E-state index in [9.17, 15) is 9.59 Å². The minimum Gasteiger partial charge on any atom is -0.402 e. The van der Waals surface area contributed by atoms with E-state index >= 15 is 0 Å². The molecule has 38 heavy (non-hydrogen) atoms. The number of rotatable bonds is 12. The summed E-state index contributed by atoms with van der Waals surface area (Å²) in [5.41, 5.74) is 14.0. The summed E-state index contributed by atoms with van der Waals surface area (Å²) in [5.74, 6) is 0.132. The highest BCUT2D eigenvalue weighted by molar-refractivity contribution is 7.15. The molecule has 11 heteroatoms. The molecule has 0 bridgehead atoms. The average Bonchev–Trinajstić information content (AvgIpc) is 3.38. The molecule has 2 aromatic carbocycles. The van der Waals surface area contributed by atoms with Gasteiger partial charge in [-0.05, 0) is 54.7 Å². The number of amides is 1. The zero-order valence-corrected chi connectivity index (χ0v) is 22.7. The Balaban J connectivity index is 0.000000384. The number of carbonyl (C=O) groups is 2. The van der Waals surface area contributed by atoms with Crippen LogP contribution in [0.25, 0.3) is 0 Å². The van der Waals surface area contributed by atoms with E-state index in [2.05, 4.69) is 20.8 Å². The molecule has 0 aliphatic rings. The van der Waals surface area contributed by atoms with Crippen LogP contribution in [0.4, 0.5) is 5.13 Å². The second-order valence-corrected chi connectivity index (χ2v) is 9.67. The topological polar surface area (TPSA) is 156 Å². The lowest BCUT2D eigenvalue weighted by atomic mass is 10.1. The molecule has 1 aromatic heterocycles. The SMILES string of the molecule is CNc1nnc(CCCC/C(N)=C/C=C(\N)NC(=O)Cc2ccccc2)s1.O=CC(O)c1cccc(Cl)c1. The number of hydrogen-bond donors (Lipinski definition) is 5. The van der Waals surface area contributed by atoms with E-state index in [-0.39, 0.29) is 18.1 Å². The Kier molecular flexibility index (Phi) is 13.6. The van der Waals surface area contributed by atoms with Crippen molar-refractivity contribution in [1.29, 1.82) is 0 Å². The lowest BCUT2D eigenvalue weighted by Gasteiger charge is -2.05. The number of carbonyl (C=O) groups excluding carboxylic acids is 2. The highest BCUT2D eigenvalue weighted by atomic mass is 35.5. The van der Waals surface area contributed by atoms with E-state index in [1.54, 1.807) is 47.8 Å². The van der Waals surface area contributed by atoms with Crippen LogP contribution in [0.3, 0.4) is 0 Å². The first-order valence-electron chi connectivity index (χ1n) is 11.9. The third-order valence-corrected chi connectivity index (χ3v) is 6.31. The largest absolute Gasteiger partial charge is 0.402 e. The summed E-state index contributed by atoms with van der Waals surface area (Å²) in [7, 11) is 1.83. The van der Waals surface area contributed by atoms with Gasteiger partial charge < -0.3 is 32.0 Å². The molecule has 0 fully saturated rings. The number of nitrogens with one attached hydrogen (secondary N) is 2. The predicted molar refractivity (Wildman–Crippen MR) is 152 cm³/mol. The first kappa shape index (κ1) is 30.5. The highest BCUT2D eigenvalue weighted by Crippen LogP contribution is 2.17. The van der Waals surface area contributed by atoms with Crippen molar-refractivity contribution in [3.63, 3.8) is 0 Å². The van der Waals surface area contributed by atoms with Crippen LogP contribution >= 0.6 is 22.9 Å². The summed E-state index contributed by atoms with van der Waals surface area (Å²) < 4.78 is 0. The molecular weight excluding hydrogens is 524 g/mol. The van der Waals surface area contributed by atoms with Crippen LogP contribution in [0.2, 0.25) is 5.02 Å². The molecule has 0 radical (unpaired) electrons. The Hall–Kier alpha value is -3.73. The van der Waals surface area contributed by atoms with Gasteiger partial charge in [-0.1, -0.05) is 65.4 Å². The third kappa shape index (κ3) is 12.0. The number of aryl methyl sites for hydroxylation is 1. The summed E-state index contributed by atoms with van der Waals surface area (Å²) >= 11 is 7.19. The maximum Gasteiger partial charge on any atom is 0.229 e. The third-order valence-electron chi connectivity index (χ3n) is 5.07. The highest BCUT2D eigenvalue weighted by Gasteiger charge is 2.05. The second kappa shape index (κ2) is 16.9. The molecule has 0 saturated heterocycles. The summed E-state index contributed by atoms with van der Waals surface area (Å²) in [6, 6.07) is 16.1. The van der Waals surface area contributed by atoms with E-state index in [1.165, 1.54) is 0 Å². The molecule has 202 valence electrons. The fraction of sp³-hybridized carbons (Fsp3) is 0.259. The van der Waals surface area contributed by atoms with Gasteiger partial charge in [0.05, 0.1) is 6.42 Å². The first-order chi connectivity index (χ1) is 18.3. The van der Waals surface area contributed by atoms with Crippen molar-refractivity contribution in [3.8, 4) is 0 Å². The van der Waals surface area contributed by atoms with Gasteiger partial charge in [-0.3, -0.25) is 4.79 Å². The van der Waals surface area contributed by atoms with Crippen LogP contribution in [0.15, 0.2) is 78.3 Å². The fourth-order valence-electron chi connectivity index (χ4n) is 3.14. The Morgan fingerprint density at radius 1 is 1.11 bits per heavy atom. The van der Waals surface area contributed by atoms with Gasteiger partial charge in [0, 0.05) is 24.2 Å². The minimum absolute atomic E-state index is 0.153. The first-order valence-corrected chi connectivity index (χ1v) is 13.1. The van der Waals surface area contributed by atoms with Gasteiger partial charge in [0.1, 0.15) is 16.9 Å². The van der Waals surface area contributed by atoms with Gasteiger partial charge in [-0.25, -0.2) is 0 Å². The number of unbranched alkanes of at least 4 members (excludes halogenated alkanes) is 1. The second-order valence-electron chi connectivity index (χ2n) is 8.17. The van der Waals surface area contributed by atoms with E-state index in [0.717, 1.165) is 47.1 Å². The number of halogens is 1. The molecule has 1 heterocycles. The van der Waals surface area contributed by atoms with E-state index < -0.39 is 6.10 Å². The van der Waals surface area contributed by atoms with Crippen LogP contribution in [-0.2, 0) is 22.4 Å². The molecule has 1 atom stereocenters. The fourth-order valence-corrected chi connectivity index (χ4v) is 4.07.